The summed E-state index contributed by atoms with van der Waals surface area (Å²) in [4.78, 5) is 44.9. The molecule has 0 bridgehead atoms. The van der Waals surface area contributed by atoms with Crippen LogP contribution in [0.4, 0.5) is 5.69 Å². The molecule has 0 unspecified atom stereocenters. The van der Waals surface area contributed by atoms with Crippen molar-refractivity contribution >= 4 is 67.5 Å². The Morgan fingerprint density at radius 1 is 1.00 bits per heavy atom. The van der Waals surface area contributed by atoms with E-state index in [9.17, 15) is 14.4 Å². The average Bonchev–Trinajstić information content (AvgIpc) is 3.29. The summed E-state index contributed by atoms with van der Waals surface area (Å²) >= 11 is 2.89. The van der Waals surface area contributed by atoms with Crippen LogP contribution in [0.2, 0.25) is 0 Å². The molecule has 3 amide bonds. The largest absolute Gasteiger partial charge is 0.353 e. The van der Waals surface area contributed by atoms with Crippen molar-refractivity contribution in [1.29, 1.82) is 0 Å². The van der Waals surface area contributed by atoms with Gasteiger partial charge in [0.25, 0.3) is 11.8 Å². The number of thioether (sulfide) groups is 1. The fraction of sp³-hybridized carbons (Fsp3) is 0.259. The molecule has 1 aliphatic heterocycles. The molecule has 1 saturated carbocycles. The summed E-state index contributed by atoms with van der Waals surface area (Å²) in [6.07, 6.45) is 5.74. The van der Waals surface area contributed by atoms with Gasteiger partial charge in [0.1, 0.15) is 0 Å². The molecule has 0 saturated heterocycles. The molecule has 4 aromatic rings. The van der Waals surface area contributed by atoms with Gasteiger partial charge in [-0.2, -0.15) is 0 Å². The number of hydrogen-bond acceptors (Lipinski definition) is 6. The monoisotopic (exact) mass is 501 g/mol. The Morgan fingerprint density at radius 3 is 2.43 bits per heavy atom. The highest BCUT2D eigenvalue weighted by Crippen LogP contribution is 2.36. The Balaban J connectivity index is 1.23. The van der Waals surface area contributed by atoms with Gasteiger partial charge in [0.2, 0.25) is 5.91 Å². The van der Waals surface area contributed by atoms with Gasteiger partial charge in [-0.1, -0.05) is 55.3 Å². The lowest BCUT2D eigenvalue weighted by molar-refractivity contribution is -0.119. The molecule has 0 radical (unpaired) electrons. The molecule has 0 spiro atoms. The number of amides is 3. The Bertz CT molecular complexity index is 1440. The summed E-state index contributed by atoms with van der Waals surface area (Å²) in [5.41, 5.74) is 2.37. The molecule has 0 atom stereocenters. The Kier molecular flexibility index (Phi) is 5.78. The molecule has 176 valence electrons. The van der Waals surface area contributed by atoms with Crippen LogP contribution in [0.25, 0.3) is 21.0 Å². The minimum atomic E-state index is -0.322. The summed E-state index contributed by atoms with van der Waals surface area (Å²) < 4.78 is 1.66. The number of rotatable bonds is 5. The van der Waals surface area contributed by atoms with Crippen molar-refractivity contribution in [3.8, 4) is 0 Å². The Labute approximate surface area is 210 Å². The van der Waals surface area contributed by atoms with E-state index < -0.39 is 0 Å². The molecule has 2 aliphatic rings. The highest BCUT2D eigenvalue weighted by atomic mass is 32.2. The second-order valence-electron chi connectivity index (χ2n) is 8.98. The fourth-order valence-electron chi connectivity index (χ4n) is 5.00. The summed E-state index contributed by atoms with van der Waals surface area (Å²) in [6, 6.07) is 16.8. The molecule has 2 heterocycles. The predicted octanol–water partition coefficient (Wildman–Crippen LogP) is 5.79. The number of carbonyl (C=O) groups is 3. The van der Waals surface area contributed by atoms with Crippen molar-refractivity contribution in [3.05, 3.63) is 65.7 Å². The molecule has 1 N–H and O–H groups in total. The molecule has 1 aliphatic carbocycles. The van der Waals surface area contributed by atoms with Crippen LogP contribution >= 0.6 is 23.1 Å². The molecule has 6 nitrogen and oxygen atoms in total. The van der Waals surface area contributed by atoms with Crippen LogP contribution in [-0.4, -0.2) is 34.5 Å². The zero-order valence-corrected chi connectivity index (χ0v) is 20.6. The zero-order valence-electron chi connectivity index (χ0n) is 19.0. The van der Waals surface area contributed by atoms with Gasteiger partial charge in [-0.15, -0.1) is 11.3 Å². The van der Waals surface area contributed by atoms with E-state index >= 15 is 0 Å². The third-order valence-electron chi connectivity index (χ3n) is 6.68. The number of benzene rings is 3. The Morgan fingerprint density at radius 2 is 1.71 bits per heavy atom. The molecular formula is C27H23N3O3S2. The van der Waals surface area contributed by atoms with Gasteiger partial charge in [0.15, 0.2) is 4.34 Å². The third-order valence-corrected chi connectivity index (χ3v) is 8.84. The lowest BCUT2D eigenvalue weighted by atomic mass is 9.94. The van der Waals surface area contributed by atoms with Crippen LogP contribution in [0.5, 0.6) is 0 Å². The first kappa shape index (κ1) is 22.2. The van der Waals surface area contributed by atoms with E-state index in [1.165, 1.54) is 47.3 Å². The summed E-state index contributed by atoms with van der Waals surface area (Å²) in [5.74, 6) is -0.277. The van der Waals surface area contributed by atoms with Gasteiger partial charge < -0.3 is 5.32 Å². The molecule has 35 heavy (non-hydrogen) atoms. The van der Waals surface area contributed by atoms with Crippen molar-refractivity contribution in [2.24, 2.45) is 0 Å². The fourth-order valence-corrected chi connectivity index (χ4v) is 6.91. The van der Waals surface area contributed by atoms with Crippen molar-refractivity contribution in [2.75, 3.05) is 10.7 Å². The predicted molar refractivity (Wildman–Crippen MR) is 140 cm³/mol. The van der Waals surface area contributed by atoms with E-state index in [1.807, 2.05) is 36.4 Å². The number of nitrogens with zero attached hydrogens (tertiary/aromatic N) is 2. The van der Waals surface area contributed by atoms with Gasteiger partial charge in [-0.05, 0) is 48.6 Å². The van der Waals surface area contributed by atoms with Crippen LogP contribution < -0.4 is 10.2 Å². The maximum atomic E-state index is 13.3. The van der Waals surface area contributed by atoms with E-state index in [-0.39, 0.29) is 17.7 Å². The van der Waals surface area contributed by atoms with Crippen LogP contribution in [0.15, 0.2) is 58.9 Å². The van der Waals surface area contributed by atoms with Gasteiger partial charge >= 0.3 is 0 Å². The Hall–Kier alpha value is -3.23. The van der Waals surface area contributed by atoms with Crippen LogP contribution in [-0.2, 0) is 4.79 Å². The van der Waals surface area contributed by atoms with Crippen molar-refractivity contribution < 1.29 is 14.4 Å². The molecular weight excluding hydrogens is 478 g/mol. The lowest BCUT2D eigenvalue weighted by Crippen LogP contribution is -2.40. The second kappa shape index (κ2) is 9.09. The number of thiazole rings is 1. The van der Waals surface area contributed by atoms with E-state index in [2.05, 4.69) is 10.3 Å². The van der Waals surface area contributed by atoms with Gasteiger partial charge in [0.05, 0.1) is 21.7 Å². The highest BCUT2D eigenvalue weighted by molar-refractivity contribution is 8.01. The zero-order chi connectivity index (χ0) is 23.9. The summed E-state index contributed by atoms with van der Waals surface area (Å²) in [6.45, 7) is 0. The first-order chi connectivity index (χ1) is 17.1. The molecule has 6 rings (SSSR count). The van der Waals surface area contributed by atoms with E-state index in [1.54, 1.807) is 18.2 Å². The minimum absolute atomic E-state index is 0.0409. The van der Waals surface area contributed by atoms with Crippen LogP contribution in [0.1, 0.15) is 52.8 Å². The quantitative estimate of drug-likeness (QED) is 0.277. The first-order valence-electron chi connectivity index (χ1n) is 11.8. The summed E-state index contributed by atoms with van der Waals surface area (Å²) in [5, 5.41) is 4.73. The van der Waals surface area contributed by atoms with Gasteiger partial charge in [0, 0.05) is 22.6 Å². The molecule has 3 aromatic carbocycles. The normalized spacial score (nSPS) is 16.3. The topological polar surface area (TPSA) is 79.4 Å². The number of imide groups is 1. The second-order valence-corrected chi connectivity index (χ2v) is 11.2. The minimum Gasteiger partial charge on any atom is -0.353 e. The maximum Gasteiger partial charge on any atom is 0.265 e. The maximum absolute atomic E-state index is 13.3. The van der Waals surface area contributed by atoms with Crippen LogP contribution in [0, 0.1) is 0 Å². The number of carbonyl (C=O) groups excluding carboxylic acids is 3. The van der Waals surface area contributed by atoms with Crippen molar-refractivity contribution in [3.63, 3.8) is 0 Å². The smallest absolute Gasteiger partial charge is 0.265 e. The van der Waals surface area contributed by atoms with Crippen molar-refractivity contribution in [2.45, 2.75) is 42.5 Å². The highest BCUT2D eigenvalue weighted by Gasteiger charge is 2.34. The molecule has 1 aromatic heterocycles. The standard InChI is InChI=1S/C27H23N3O3S2/c31-23(28-17-8-2-1-3-9-17)15-34-27-29-21-13-12-18(14-22(21)35-27)30-25(32)19-10-4-6-16-7-5-11-20(24(16)19)26(30)33/h4-7,10-14,17H,1-3,8-9,15H2,(H,28,31). The number of anilines is 1. The average molecular weight is 502 g/mol. The van der Waals surface area contributed by atoms with Gasteiger partial charge in [-0.25, -0.2) is 9.88 Å². The van der Waals surface area contributed by atoms with Crippen molar-refractivity contribution in [1.82, 2.24) is 10.3 Å². The lowest BCUT2D eigenvalue weighted by Gasteiger charge is -2.27. The molecule has 1 fully saturated rings. The first-order valence-corrected chi connectivity index (χ1v) is 13.6. The summed E-state index contributed by atoms with van der Waals surface area (Å²) in [7, 11) is 0. The van der Waals surface area contributed by atoms with E-state index in [0.717, 1.165) is 32.8 Å². The van der Waals surface area contributed by atoms with Crippen LogP contribution in [0.3, 0.4) is 0 Å². The van der Waals surface area contributed by atoms with E-state index in [0.29, 0.717) is 34.0 Å². The van der Waals surface area contributed by atoms with E-state index in [4.69, 9.17) is 0 Å². The number of aromatic nitrogens is 1. The number of fused-ring (bicyclic) bond motifs is 1. The van der Waals surface area contributed by atoms with Gasteiger partial charge in [-0.3, -0.25) is 14.4 Å². The number of hydrogen-bond donors (Lipinski definition) is 1. The number of nitrogens with one attached hydrogen (secondary N) is 1. The third kappa shape index (κ3) is 4.10. The SMILES string of the molecule is O=C(CSc1nc2ccc(N3C(=O)c4cccc5cccc(c45)C3=O)cc2s1)NC1CCCCC1. The molecule has 8 heteroatoms.